The largest absolute Gasteiger partial charge is 0.493 e. The molecule has 0 radical (unpaired) electrons. The van der Waals surface area contributed by atoms with E-state index in [1.54, 1.807) is 26.4 Å². The Labute approximate surface area is 225 Å². The van der Waals surface area contributed by atoms with Crippen molar-refractivity contribution in [2.24, 2.45) is 0 Å². The minimum absolute atomic E-state index is 0.187. The normalized spacial score (nSPS) is 16.3. The van der Waals surface area contributed by atoms with Gasteiger partial charge in [-0.25, -0.2) is 4.79 Å². The first-order valence-corrected chi connectivity index (χ1v) is 13.6. The van der Waals surface area contributed by atoms with E-state index in [0.717, 1.165) is 24.1 Å². The van der Waals surface area contributed by atoms with Crippen LogP contribution in [0.4, 0.5) is 10.5 Å². The van der Waals surface area contributed by atoms with Crippen molar-refractivity contribution < 1.29 is 14.3 Å². The molecule has 8 heteroatoms. The molecule has 6 nitrogen and oxygen atoms in total. The molecule has 3 heterocycles. The Morgan fingerprint density at radius 2 is 1.84 bits per heavy atom. The number of benzene rings is 2. The summed E-state index contributed by atoms with van der Waals surface area (Å²) in [5.41, 5.74) is 5.33. The molecule has 2 aliphatic rings. The number of amides is 2. The average Bonchev–Trinajstić information content (AvgIpc) is 3.50. The van der Waals surface area contributed by atoms with Gasteiger partial charge >= 0.3 is 6.03 Å². The number of ether oxygens (including phenoxy) is 2. The highest BCUT2D eigenvalue weighted by Crippen LogP contribution is 2.44. The van der Waals surface area contributed by atoms with E-state index >= 15 is 0 Å². The maximum Gasteiger partial charge on any atom is 0.322 e. The fraction of sp³-hybridized carbons (Fsp3) is 0.276. The van der Waals surface area contributed by atoms with E-state index in [1.165, 1.54) is 33.8 Å². The molecule has 2 aromatic heterocycles. The Hall–Kier alpha value is -3.42. The van der Waals surface area contributed by atoms with E-state index in [-0.39, 0.29) is 12.1 Å². The van der Waals surface area contributed by atoms with Crippen LogP contribution in [0.25, 0.3) is 5.00 Å². The second kappa shape index (κ2) is 9.80. The van der Waals surface area contributed by atoms with Gasteiger partial charge in [-0.15, -0.1) is 11.3 Å². The molecule has 0 fully saturated rings. The first kappa shape index (κ1) is 23.9. The highest BCUT2D eigenvalue weighted by molar-refractivity contribution is 7.15. The molecule has 1 unspecified atom stereocenters. The summed E-state index contributed by atoms with van der Waals surface area (Å²) >= 11 is 8.31. The molecule has 0 bridgehead atoms. The lowest BCUT2D eigenvalue weighted by Gasteiger charge is -2.31. The number of anilines is 1. The number of aryl methyl sites for hydroxylation is 1. The summed E-state index contributed by atoms with van der Waals surface area (Å²) in [6, 6.07) is 16.9. The second-order valence-corrected chi connectivity index (χ2v) is 10.9. The number of thiophene rings is 1. The number of nitrogens with one attached hydrogen (secondary N) is 1. The zero-order valence-corrected chi connectivity index (χ0v) is 22.4. The van der Waals surface area contributed by atoms with Gasteiger partial charge in [-0.1, -0.05) is 23.7 Å². The van der Waals surface area contributed by atoms with Gasteiger partial charge in [0.1, 0.15) is 5.00 Å². The number of aromatic nitrogens is 1. The number of hydrogen-bond acceptors (Lipinski definition) is 4. The van der Waals surface area contributed by atoms with Crippen LogP contribution in [0.3, 0.4) is 0 Å². The zero-order chi connectivity index (χ0) is 25.5. The van der Waals surface area contributed by atoms with Gasteiger partial charge in [0.2, 0.25) is 0 Å². The van der Waals surface area contributed by atoms with E-state index in [4.69, 9.17) is 21.1 Å². The van der Waals surface area contributed by atoms with Crippen LogP contribution in [-0.4, -0.2) is 29.7 Å². The lowest BCUT2D eigenvalue weighted by molar-refractivity contribution is 0.194. The van der Waals surface area contributed by atoms with Crippen LogP contribution in [0.15, 0.2) is 60.8 Å². The third-order valence-electron chi connectivity index (χ3n) is 7.24. The van der Waals surface area contributed by atoms with E-state index in [9.17, 15) is 4.79 Å². The Balaban J connectivity index is 1.47. The van der Waals surface area contributed by atoms with E-state index in [2.05, 4.69) is 28.2 Å². The molecular formula is C29H28ClN3O3S. The first-order chi connectivity index (χ1) is 18.1. The minimum Gasteiger partial charge on any atom is -0.493 e. The van der Waals surface area contributed by atoms with Crippen molar-refractivity contribution in [2.75, 3.05) is 19.5 Å². The number of urea groups is 1. The molecule has 2 amide bonds. The highest BCUT2D eigenvalue weighted by Gasteiger charge is 2.36. The summed E-state index contributed by atoms with van der Waals surface area (Å²) in [6.45, 7) is 0.513. The van der Waals surface area contributed by atoms with Gasteiger partial charge in [-0.05, 0) is 73.2 Å². The van der Waals surface area contributed by atoms with Crippen LogP contribution in [0.1, 0.15) is 46.1 Å². The van der Waals surface area contributed by atoms with Crippen LogP contribution in [0, 0.1) is 0 Å². The Kier molecular flexibility index (Phi) is 6.34. The fourth-order valence-corrected chi connectivity index (χ4v) is 7.13. The molecule has 2 aromatic carbocycles. The number of carbonyl (C=O) groups is 1. The summed E-state index contributed by atoms with van der Waals surface area (Å²) in [5.74, 6) is 1.17. The van der Waals surface area contributed by atoms with Crippen LogP contribution >= 0.6 is 22.9 Å². The number of fused-ring (bicyclic) bond motifs is 5. The van der Waals surface area contributed by atoms with Crippen molar-refractivity contribution in [1.82, 2.24) is 9.47 Å². The van der Waals surface area contributed by atoms with Crippen LogP contribution < -0.4 is 14.8 Å². The minimum atomic E-state index is -0.312. The number of hydrogen-bond donors (Lipinski definition) is 1. The number of halogens is 1. The summed E-state index contributed by atoms with van der Waals surface area (Å²) in [7, 11) is 3.18. The van der Waals surface area contributed by atoms with Gasteiger partial charge in [0, 0.05) is 33.4 Å². The van der Waals surface area contributed by atoms with Gasteiger partial charge in [0.15, 0.2) is 11.5 Å². The van der Waals surface area contributed by atoms with Crippen molar-refractivity contribution >= 4 is 34.7 Å². The molecule has 4 aromatic rings. The summed E-state index contributed by atoms with van der Waals surface area (Å²) in [6.07, 6.45) is 6.69. The number of methoxy groups -OCH3 is 2. The molecule has 37 heavy (non-hydrogen) atoms. The predicted octanol–water partition coefficient (Wildman–Crippen LogP) is 7.23. The molecule has 6 rings (SSSR count). The fourth-order valence-electron chi connectivity index (χ4n) is 5.52. The highest BCUT2D eigenvalue weighted by atomic mass is 35.5. The molecule has 0 saturated carbocycles. The van der Waals surface area contributed by atoms with Crippen LogP contribution in [0.5, 0.6) is 11.5 Å². The van der Waals surface area contributed by atoms with E-state index in [0.29, 0.717) is 28.8 Å². The standard InChI is InChI=1S/C29H28ClN3O3S/c1-35-24-13-12-20(16-25(24)36-2)31-29(34)33-17-22-21-9-3-4-11-26(21)37-28(22)32-14-6-10-23(32)27(33)18-7-5-8-19(30)15-18/h5-8,10,12-16,27H,3-4,9,11,17H2,1-2H3,(H,31,34). The Morgan fingerprint density at radius 1 is 1.00 bits per heavy atom. The Morgan fingerprint density at radius 3 is 2.65 bits per heavy atom. The van der Waals surface area contributed by atoms with Gasteiger partial charge < -0.3 is 24.3 Å². The van der Waals surface area contributed by atoms with Crippen molar-refractivity contribution in [3.05, 3.63) is 93.1 Å². The monoisotopic (exact) mass is 533 g/mol. The molecular weight excluding hydrogens is 506 g/mol. The van der Waals surface area contributed by atoms with Gasteiger partial charge in [-0.3, -0.25) is 0 Å². The van der Waals surface area contributed by atoms with Gasteiger partial charge in [0.25, 0.3) is 0 Å². The third-order valence-corrected chi connectivity index (χ3v) is 8.81. The van der Waals surface area contributed by atoms with Gasteiger partial charge in [-0.2, -0.15) is 0 Å². The second-order valence-electron chi connectivity index (χ2n) is 9.38. The summed E-state index contributed by atoms with van der Waals surface area (Å²) < 4.78 is 13.1. The van der Waals surface area contributed by atoms with Crippen molar-refractivity contribution in [2.45, 2.75) is 38.3 Å². The molecule has 1 aliphatic heterocycles. The summed E-state index contributed by atoms with van der Waals surface area (Å²) in [4.78, 5) is 17.5. The van der Waals surface area contributed by atoms with E-state index in [1.807, 2.05) is 46.6 Å². The number of carbonyl (C=O) groups excluding carboxylic acids is 1. The topological polar surface area (TPSA) is 55.7 Å². The van der Waals surface area contributed by atoms with Crippen LogP contribution in [-0.2, 0) is 19.4 Å². The van der Waals surface area contributed by atoms with Crippen molar-refractivity contribution in [3.63, 3.8) is 0 Å². The quantitative estimate of drug-likeness (QED) is 0.301. The Bertz CT molecular complexity index is 1480. The van der Waals surface area contributed by atoms with E-state index < -0.39 is 0 Å². The zero-order valence-electron chi connectivity index (χ0n) is 20.8. The maximum atomic E-state index is 14.1. The van der Waals surface area contributed by atoms with Gasteiger partial charge in [0.05, 0.1) is 32.5 Å². The number of nitrogens with zero attached hydrogens (tertiary/aromatic N) is 2. The first-order valence-electron chi connectivity index (χ1n) is 12.4. The smallest absolute Gasteiger partial charge is 0.322 e. The van der Waals surface area contributed by atoms with Crippen molar-refractivity contribution in [3.8, 4) is 16.5 Å². The molecule has 190 valence electrons. The average molecular weight is 534 g/mol. The van der Waals surface area contributed by atoms with Crippen LogP contribution in [0.2, 0.25) is 5.02 Å². The maximum absolute atomic E-state index is 14.1. The lowest BCUT2D eigenvalue weighted by Crippen LogP contribution is -2.38. The third kappa shape index (κ3) is 4.26. The lowest BCUT2D eigenvalue weighted by atomic mass is 9.95. The predicted molar refractivity (Wildman–Crippen MR) is 148 cm³/mol. The molecule has 1 N–H and O–H groups in total. The molecule has 1 atom stereocenters. The van der Waals surface area contributed by atoms with Crippen molar-refractivity contribution in [1.29, 1.82) is 0 Å². The molecule has 1 aliphatic carbocycles. The molecule has 0 saturated heterocycles. The number of rotatable bonds is 4. The SMILES string of the molecule is COc1ccc(NC(=O)N2Cc3c(sc4c3CCCC4)-n3cccc3C2c2cccc(Cl)c2)cc1OC. The molecule has 0 spiro atoms. The summed E-state index contributed by atoms with van der Waals surface area (Å²) in [5, 5.41) is 4.99.